The Hall–Kier alpha value is -1.74. The van der Waals surface area contributed by atoms with Crippen molar-refractivity contribution in [3.63, 3.8) is 0 Å². The summed E-state index contributed by atoms with van der Waals surface area (Å²) < 4.78 is 0. The van der Waals surface area contributed by atoms with Crippen molar-refractivity contribution >= 4 is 17.3 Å². The van der Waals surface area contributed by atoms with E-state index in [1.54, 1.807) is 6.07 Å². The van der Waals surface area contributed by atoms with E-state index in [4.69, 9.17) is 11.6 Å². The summed E-state index contributed by atoms with van der Waals surface area (Å²) in [5.41, 5.74) is 4.47. The van der Waals surface area contributed by atoms with Gasteiger partial charge in [0.15, 0.2) is 0 Å². The van der Waals surface area contributed by atoms with Crippen LogP contribution in [0.3, 0.4) is 0 Å². The molecule has 1 aliphatic rings. The summed E-state index contributed by atoms with van der Waals surface area (Å²) in [6.07, 6.45) is 3.10. The van der Waals surface area contributed by atoms with Crippen LogP contribution in [-0.2, 0) is 6.42 Å². The van der Waals surface area contributed by atoms with Gasteiger partial charge in [0, 0.05) is 22.5 Å². The predicted octanol–water partition coefficient (Wildman–Crippen LogP) is 3.83. The average Bonchev–Trinajstić information content (AvgIpc) is 2.41. The average molecular weight is 289 g/mol. The van der Waals surface area contributed by atoms with Gasteiger partial charge in [-0.1, -0.05) is 11.6 Å². The molecule has 0 saturated carbocycles. The van der Waals surface area contributed by atoms with Crippen LogP contribution in [0.1, 0.15) is 35.7 Å². The highest BCUT2D eigenvalue weighted by atomic mass is 35.5. The molecule has 1 unspecified atom stereocenters. The minimum atomic E-state index is -0.0212. The second-order valence-electron chi connectivity index (χ2n) is 5.30. The minimum absolute atomic E-state index is 0.0212. The van der Waals surface area contributed by atoms with Crippen molar-refractivity contribution in [3.05, 3.63) is 62.5 Å². The first kappa shape index (κ1) is 13.3. The van der Waals surface area contributed by atoms with Crippen molar-refractivity contribution in [1.82, 2.24) is 4.98 Å². The van der Waals surface area contributed by atoms with Crippen molar-refractivity contribution in [2.45, 2.75) is 32.2 Å². The van der Waals surface area contributed by atoms with Crippen molar-refractivity contribution in [2.24, 2.45) is 0 Å². The van der Waals surface area contributed by atoms with E-state index in [0.717, 1.165) is 41.2 Å². The maximum Gasteiger partial charge on any atom is 0.248 e. The van der Waals surface area contributed by atoms with E-state index in [-0.39, 0.29) is 11.6 Å². The van der Waals surface area contributed by atoms with E-state index in [2.05, 4.69) is 10.3 Å². The molecule has 1 aromatic carbocycles. The highest BCUT2D eigenvalue weighted by molar-refractivity contribution is 6.30. The van der Waals surface area contributed by atoms with Crippen LogP contribution in [0.2, 0.25) is 5.02 Å². The quantitative estimate of drug-likeness (QED) is 0.882. The number of aromatic nitrogens is 1. The summed E-state index contributed by atoms with van der Waals surface area (Å²) >= 11 is 5.99. The largest absolute Gasteiger partial charge is 0.378 e. The molecule has 4 heteroatoms. The first-order valence-electron chi connectivity index (χ1n) is 6.88. The molecule has 1 aromatic heterocycles. The Morgan fingerprint density at radius 1 is 1.30 bits per heavy atom. The van der Waals surface area contributed by atoms with Gasteiger partial charge in [0.2, 0.25) is 5.56 Å². The summed E-state index contributed by atoms with van der Waals surface area (Å²) in [5, 5.41) is 4.32. The van der Waals surface area contributed by atoms with Gasteiger partial charge >= 0.3 is 0 Å². The highest BCUT2D eigenvalue weighted by Gasteiger charge is 2.21. The van der Waals surface area contributed by atoms with E-state index < -0.39 is 0 Å². The summed E-state index contributed by atoms with van der Waals surface area (Å²) in [6.45, 7) is 2.05. The molecule has 0 radical (unpaired) electrons. The molecule has 20 heavy (non-hydrogen) atoms. The zero-order valence-corrected chi connectivity index (χ0v) is 12.1. The Balaban J connectivity index is 1.91. The number of rotatable bonds is 2. The number of nitrogens with one attached hydrogen (secondary N) is 2. The van der Waals surface area contributed by atoms with Gasteiger partial charge < -0.3 is 10.3 Å². The highest BCUT2D eigenvalue weighted by Crippen LogP contribution is 2.32. The number of halogens is 1. The molecule has 0 fully saturated rings. The Morgan fingerprint density at radius 3 is 2.95 bits per heavy atom. The number of benzene rings is 1. The van der Waals surface area contributed by atoms with Crippen LogP contribution in [0, 0.1) is 6.92 Å². The standard InChI is InChI=1S/C16H17ClN2O/c1-10-9-11(17)5-7-13(10)18-14-3-2-4-15-12(14)6-8-16(20)19-15/h5-9,14,18H,2-4H2,1H3,(H,19,20). The molecular weight excluding hydrogens is 272 g/mol. The number of anilines is 1. The molecule has 1 aliphatic carbocycles. The Morgan fingerprint density at radius 2 is 2.15 bits per heavy atom. The Labute approximate surface area is 123 Å². The third-order valence-corrected chi connectivity index (χ3v) is 4.09. The molecule has 0 aliphatic heterocycles. The molecule has 0 spiro atoms. The number of hydrogen-bond acceptors (Lipinski definition) is 2. The molecular formula is C16H17ClN2O. The molecule has 2 N–H and O–H groups in total. The maximum atomic E-state index is 11.4. The van der Waals surface area contributed by atoms with E-state index in [0.29, 0.717) is 0 Å². The van der Waals surface area contributed by atoms with Crippen LogP contribution < -0.4 is 10.9 Å². The number of H-pyrrole nitrogens is 1. The van der Waals surface area contributed by atoms with Crippen LogP contribution >= 0.6 is 11.6 Å². The molecule has 0 saturated heterocycles. The van der Waals surface area contributed by atoms with Gasteiger partial charge in [0.05, 0.1) is 6.04 Å². The number of aryl methyl sites for hydroxylation is 2. The van der Waals surface area contributed by atoms with Crippen molar-refractivity contribution in [3.8, 4) is 0 Å². The van der Waals surface area contributed by atoms with Crippen LogP contribution in [0.25, 0.3) is 0 Å². The molecule has 0 bridgehead atoms. The van der Waals surface area contributed by atoms with Gasteiger partial charge in [-0.3, -0.25) is 4.79 Å². The van der Waals surface area contributed by atoms with Gasteiger partial charge in [-0.25, -0.2) is 0 Å². The fourth-order valence-corrected chi connectivity index (χ4v) is 3.05. The number of fused-ring (bicyclic) bond motifs is 1. The minimum Gasteiger partial charge on any atom is -0.378 e. The summed E-state index contributed by atoms with van der Waals surface area (Å²) in [7, 11) is 0. The zero-order valence-electron chi connectivity index (χ0n) is 11.4. The van der Waals surface area contributed by atoms with Gasteiger partial charge in [-0.05, 0) is 61.6 Å². The number of hydrogen-bond donors (Lipinski definition) is 2. The summed E-state index contributed by atoms with van der Waals surface area (Å²) in [5.74, 6) is 0. The lowest BCUT2D eigenvalue weighted by atomic mass is 9.91. The second kappa shape index (κ2) is 5.33. The third kappa shape index (κ3) is 2.59. The lowest BCUT2D eigenvalue weighted by Gasteiger charge is -2.27. The molecule has 104 valence electrons. The smallest absolute Gasteiger partial charge is 0.248 e. The van der Waals surface area contributed by atoms with Crippen LogP contribution in [-0.4, -0.2) is 4.98 Å². The van der Waals surface area contributed by atoms with E-state index in [1.165, 1.54) is 5.56 Å². The Bertz CT molecular complexity index is 693. The van der Waals surface area contributed by atoms with Gasteiger partial charge in [-0.15, -0.1) is 0 Å². The molecule has 3 nitrogen and oxygen atoms in total. The van der Waals surface area contributed by atoms with Gasteiger partial charge in [0.25, 0.3) is 0 Å². The monoisotopic (exact) mass is 288 g/mol. The molecule has 1 heterocycles. The molecule has 0 amide bonds. The number of aromatic amines is 1. The van der Waals surface area contributed by atoms with Crippen molar-refractivity contribution in [1.29, 1.82) is 0 Å². The first-order valence-corrected chi connectivity index (χ1v) is 7.26. The van der Waals surface area contributed by atoms with Gasteiger partial charge in [0.1, 0.15) is 0 Å². The van der Waals surface area contributed by atoms with Gasteiger partial charge in [-0.2, -0.15) is 0 Å². The normalized spacial score (nSPS) is 17.6. The Kier molecular flexibility index (Phi) is 3.53. The first-order chi connectivity index (χ1) is 9.63. The van der Waals surface area contributed by atoms with E-state index in [9.17, 15) is 4.79 Å². The van der Waals surface area contributed by atoms with Crippen LogP contribution in [0.4, 0.5) is 5.69 Å². The lowest BCUT2D eigenvalue weighted by Crippen LogP contribution is -2.21. The SMILES string of the molecule is Cc1cc(Cl)ccc1NC1CCCc2[nH]c(=O)ccc21. The topological polar surface area (TPSA) is 44.9 Å². The predicted molar refractivity (Wildman–Crippen MR) is 82.6 cm³/mol. The molecule has 3 rings (SSSR count). The molecule has 2 aromatic rings. The fraction of sp³-hybridized carbons (Fsp3) is 0.312. The van der Waals surface area contributed by atoms with Crippen molar-refractivity contribution in [2.75, 3.05) is 5.32 Å². The molecule has 1 atom stereocenters. The fourth-order valence-electron chi connectivity index (χ4n) is 2.83. The maximum absolute atomic E-state index is 11.4. The van der Waals surface area contributed by atoms with Crippen molar-refractivity contribution < 1.29 is 0 Å². The third-order valence-electron chi connectivity index (χ3n) is 3.85. The zero-order chi connectivity index (χ0) is 14.1. The second-order valence-corrected chi connectivity index (χ2v) is 5.74. The summed E-state index contributed by atoms with van der Waals surface area (Å²) in [4.78, 5) is 14.4. The van der Waals surface area contributed by atoms with E-state index >= 15 is 0 Å². The van der Waals surface area contributed by atoms with Crippen LogP contribution in [0.15, 0.2) is 35.1 Å². The van der Waals surface area contributed by atoms with Crippen LogP contribution in [0.5, 0.6) is 0 Å². The van der Waals surface area contributed by atoms with E-state index in [1.807, 2.05) is 31.2 Å². The lowest BCUT2D eigenvalue weighted by molar-refractivity contribution is 0.586. The number of pyridine rings is 1. The summed E-state index contributed by atoms with van der Waals surface area (Å²) in [6, 6.07) is 9.66.